The van der Waals surface area contributed by atoms with Gasteiger partial charge in [0.1, 0.15) is 4.87 Å². The average molecular weight is 199 g/mol. The quantitative estimate of drug-likeness (QED) is 0.534. The zero-order valence-electron chi connectivity index (χ0n) is 6.41. The van der Waals surface area contributed by atoms with Crippen molar-refractivity contribution in [3.63, 3.8) is 0 Å². The predicted molar refractivity (Wildman–Crippen MR) is 40.9 cm³/mol. The number of rotatable bonds is 0. The maximum atomic E-state index is 12.1. The molecule has 68 valence electrons. The van der Waals surface area contributed by atoms with Gasteiger partial charge < -0.3 is 0 Å². The third kappa shape index (κ3) is 1.33. The van der Waals surface area contributed by atoms with Gasteiger partial charge in [0.25, 0.3) is 0 Å². The van der Waals surface area contributed by atoms with Gasteiger partial charge in [0.2, 0.25) is 0 Å². The van der Waals surface area contributed by atoms with Crippen LogP contribution in [0.25, 0.3) is 0 Å². The Morgan fingerprint density at radius 3 is 2.00 bits per heavy atom. The lowest BCUT2D eigenvalue weighted by Gasteiger charge is -2.19. The Labute approximate surface area is 72.1 Å². The van der Waals surface area contributed by atoms with Crippen LogP contribution in [0.4, 0.5) is 13.2 Å². The number of hydrogen-bond acceptors (Lipinski definition) is 2. The molecule has 2 nitrogen and oxygen atoms in total. The van der Waals surface area contributed by atoms with Crippen LogP contribution in [-0.4, -0.2) is 22.5 Å². The molecule has 0 aromatic heterocycles. The summed E-state index contributed by atoms with van der Waals surface area (Å²) in [6, 6.07) is 0. The van der Waals surface area contributed by atoms with Crippen LogP contribution < -0.4 is 0 Å². The lowest BCUT2D eigenvalue weighted by Crippen LogP contribution is -2.42. The molecule has 0 aromatic rings. The summed E-state index contributed by atoms with van der Waals surface area (Å²) in [6.45, 7) is 2.64. The Morgan fingerprint density at radius 2 is 1.83 bits per heavy atom. The second-order valence-corrected chi connectivity index (χ2v) is 3.39. The highest BCUT2D eigenvalue weighted by Crippen LogP contribution is 2.33. The molecule has 1 rings (SSSR count). The first-order valence-corrected chi connectivity index (χ1v) is 3.53. The van der Waals surface area contributed by atoms with Gasteiger partial charge in [-0.2, -0.15) is 18.3 Å². The first-order valence-electron chi connectivity index (χ1n) is 3.15. The van der Waals surface area contributed by atoms with Crippen molar-refractivity contribution in [2.75, 3.05) is 0 Å². The van der Waals surface area contributed by atoms with E-state index in [1.54, 1.807) is 0 Å². The molecule has 6 heteroatoms. The monoisotopic (exact) mass is 198 g/mol. The van der Waals surface area contributed by atoms with Crippen molar-refractivity contribution in [1.29, 1.82) is 0 Å². The van der Waals surface area contributed by atoms with E-state index in [1.807, 2.05) is 0 Å². The highest BCUT2D eigenvalue weighted by Gasteiger charge is 2.51. The first kappa shape index (κ1) is 9.51. The fourth-order valence-electron chi connectivity index (χ4n) is 0.807. The Morgan fingerprint density at radius 1 is 1.33 bits per heavy atom. The van der Waals surface area contributed by atoms with Crippen molar-refractivity contribution >= 4 is 23.0 Å². The molecule has 0 amide bonds. The molecule has 0 radical (unpaired) electrons. The standard InChI is InChI=1S/C6H6ClF3N2/c1-3-5(2,7)4(12-11-3)6(8,9)10/h1-2H3. The van der Waals surface area contributed by atoms with Gasteiger partial charge in [0.15, 0.2) is 5.71 Å². The van der Waals surface area contributed by atoms with E-state index < -0.39 is 16.8 Å². The Balaban J connectivity index is 3.02. The third-order valence-electron chi connectivity index (χ3n) is 1.69. The Hall–Kier alpha value is -0.580. The van der Waals surface area contributed by atoms with Crippen LogP contribution in [0.2, 0.25) is 0 Å². The summed E-state index contributed by atoms with van der Waals surface area (Å²) < 4.78 is 36.4. The molecule has 1 atom stereocenters. The van der Waals surface area contributed by atoms with Crippen molar-refractivity contribution < 1.29 is 13.2 Å². The highest BCUT2D eigenvalue weighted by molar-refractivity contribution is 6.49. The molecule has 0 aliphatic carbocycles. The van der Waals surface area contributed by atoms with E-state index in [-0.39, 0.29) is 5.71 Å². The fraction of sp³-hybridized carbons (Fsp3) is 0.667. The van der Waals surface area contributed by atoms with E-state index >= 15 is 0 Å². The molecule has 1 aliphatic rings. The molecule has 0 saturated heterocycles. The molecule has 0 spiro atoms. The number of nitrogens with zero attached hydrogens (tertiary/aromatic N) is 2. The fourth-order valence-corrected chi connectivity index (χ4v) is 0.990. The minimum Gasteiger partial charge on any atom is -0.165 e. The van der Waals surface area contributed by atoms with Crippen molar-refractivity contribution in [2.45, 2.75) is 24.9 Å². The second kappa shape index (κ2) is 2.45. The minimum absolute atomic E-state index is 0.163. The lowest BCUT2D eigenvalue weighted by molar-refractivity contribution is -0.0607. The van der Waals surface area contributed by atoms with Gasteiger partial charge in [-0.3, -0.25) is 0 Å². The van der Waals surface area contributed by atoms with Gasteiger partial charge in [-0.25, -0.2) is 0 Å². The van der Waals surface area contributed by atoms with Crippen molar-refractivity contribution in [1.82, 2.24) is 0 Å². The number of hydrogen-bond donors (Lipinski definition) is 0. The van der Waals surface area contributed by atoms with E-state index in [0.717, 1.165) is 0 Å². The largest absolute Gasteiger partial charge is 0.433 e. The SMILES string of the molecule is CC1=NN=C(C(F)(F)F)C1(C)Cl. The minimum atomic E-state index is -4.50. The summed E-state index contributed by atoms with van der Waals surface area (Å²) in [5, 5.41) is 6.28. The summed E-state index contributed by atoms with van der Waals surface area (Å²) in [5.74, 6) is 0. The summed E-state index contributed by atoms with van der Waals surface area (Å²) in [4.78, 5) is -1.60. The van der Waals surface area contributed by atoms with Crippen LogP contribution in [0.5, 0.6) is 0 Å². The van der Waals surface area contributed by atoms with Crippen LogP contribution in [0.3, 0.4) is 0 Å². The molecule has 1 aliphatic heterocycles. The molecule has 0 aromatic carbocycles. The number of halogens is 4. The van der Waals surface area contributed by atoms with Crippen LogP contribution in [0.1, 0.15) is 13.8 Å². The molecular weight excluding hydrogens is 193 g/mol. The molecule has 0 N–H and O–H groups in total. The van der Waals surface area contributed by atoms with Gasteiger partial charge in [0.05, 0.1) is 5.71 Å². The van der Waals surface area contributed by atoms with E-state index in [1.165, 1.54) is 13.8 Å². The van der Waals surface area contributed by atoms with Crippen LogP contribution in [-0.2, 0) is 0 Å². The Kier molecular flexibility index (Phi) is 1.94. The molecule has 1 heterocycles. The number of alkyl halides is 4. The topological polar surface area (TPSA) is 24.7 Å². The van der Waals surface area contributed by atoms with E-state index in [4.69, 9.17) is 11.6 Å². The van der Waals surface area contributed by atoms with Crippen LogP contribution >= 0.6 is 11.6 Å². The average Bonchev–Trinajstić information content (AvgIpc) is 2.06. The second-order valence-electron chi connectivity index (χ2n) is 2.63. The van der Waals surface area contributed by atoms with E-state index in [2.05, 4.69) is 10.2 Å². The summed E-state index contributed by atoms with van der Waals surface area (Å²) >= 11 is 5.59. The molecule has 0 saturated carbocycles. The molecule has 0 bridgehead atoms. The molecule has 1 unspecified atom stereocenters. The molecular formula is C6H6ClF3N2. The van der Waals surface area contributed by atoms with E-state index in [0.29, 0.717) is 0 Å². The zero-order valence-corrected chi connectivity index (χ0v) is 7.16. The lowest BCUT2D eigenvalue weighted by atomic mass is 10.0. The summed E-state index contributed by atoms with van der Waals surface area (Å²) in [5.41, 5.74) is -0.884. The first-order chi connectivity index (χ1) is 5.26. The van der Waals surface area contributed by atoms with Gasteiger partial charge in [-0.1, -0.05) is 0 Å². The Bertz CT molecular complexity index is 264. The maximum Gasteiger partial charge on any atom is 0.433 e. The van der Waals surface area contributed by atoms with E-state index in [9.17, 15) is 13.2 Å². The van der Waals surface area contributed by atoms with Gasteiger partial charge in [-0.15, -0.1) is 16.7 Å². The highest BCUT2D eigenvalue weighted by atomic mass is 35.5. The summed E-state index contributed by atoms with van der Waals surface area (Å²) in [7, 11) is 0. The normalized spacial score (nSPS) is 30.2. The van der Waals surface area contributed by atoms with Gasteiger partial charge >= 0.3 is 6.18 Å². The van der Waals surface area contributed by atoms with Gasteiger partial charge in [0, 0.05) is 0 Å². The third-order valence-corrected chi connectivity index (χ3v) is 2.15. The van der Waals surface area contributed by atoms with Crippen molar-refractivity contribution in [3.8, 4) is 0 Å². The van der Waals surface area contributed by atoms with Crippen LogP contribution in [0.15, 0.2) is 10.2 Å². The van der Waals surface area contributed by atoms with Gasteiger partial charge in [-0.05, 0) is 13.8 Å². The predicted octanol–water partition coefficient (Wildman–Crippen LogP) is 2.38. The van der Waals surface area contributed by atoms with Crippen LogP contribution in [0, 0.1) is 0 Å². The smallest absolute Gasteiger partial charge is 0.165 e. The summed E-state index contributed by atoms with van der Waals surface area (Å²) in [6.07, 6.45) is -4.50. The zero-order chi connectivity index (χ0) is 9.57. The molecule has 0 fully saturated rings. The maximum absolute atomic E-state index is 12.1. The van der Waals surface area contributed by atoms with Crippen molar-refractivity contribution in [2.24, 2.45) is 10.2 Å². The van der Waals surface area contributed by atoms with Crippen molar-refractivity contribution in [3.05, 3.63) is 0 Å². The molecule has 12 heavy (non-hydrogen) atoms.